The first-order valence-corrected chi connectivity index (χ1v) is 6.18. The summed E-state index contributed by atoms with van der Waals surface area (Å²) in [6, 6.07) is 4.60. The number of hydrogen-bond donors (Lipinski definition) is 2. The van der Waals surface area contributed by atoms with Gasteiger partial charge in [0.05, 0.1) is 0 Å². The monoisotopic (exact) mass is 264 g/mol. The van der Waals surface area contributed by atoms with Gasteiger partial charge >= 0.3 is 5.97 Å². The van der Waals surface area contributed by atoms with Crippen molar-refractivity contribution in [3.63, 3.8) is 0 Å². The van der Waals surface area contributed by atoms with E-state index in [0.717, 1.165) is 5.56 Å². The molecule has 1 aromatic carbocycles. The fourth-order valence-corrected chi connectivity index (χ4v) is 1.69. The maximum atomic E-state index is 11.9. The van der Waals surface area contributed by atoms with Crippen molar-refractivity contribution in [2.75, 3.05) is 19.4 Å². The van der Waals surface area contributed by atoms with E-state index < -0.39 is 12.0 Å². The minimum Gasteiger partial charge on any atom is -0.480 e. The lowest BCUT2D eigenvalue weighted by atomic mass is 10.1. The summed E-state index contributed by atoms with van der Waals surface area (Å²) in [6.45, 7) is 3.68. The smallest absolute Gasteiger partial charge is 0.326 e. The van der Waals surface area contributed by atoms with Gasteiger partial charge in [-0.05, 0) is 31.0 Å². The van der Waals surface area contributed by atoms with E-state index in [1.807, 2.05) is 13.0 Å². The van der Waals surface area contributed by atoms with E-state index in [1.165, 1.54) is 4.90 Å². The zero-order chi connectivity index (χ0) is 14.6. The summed E-state index contributed by atoms with van der Waals surface area (Å²) in [4.78, 5) is 24.4. The van der Waals surface area contributed by atoms with Crippen LogP contribution >= 0.6 is 0 Å². The Morgan fingerprint density at radius 1 is 1.37 bits per heavy atom. The van der Waals surface area contributed by atoms with Crippen LogP contribution in [-0.4, -0.2) is 42.0 Å². The van der Waals surface area contributed by atoms with Crippen LogP contribution in [0.1, 0.15) is 29.3 Å². The largest absolute Gasteiger partial charge is 0.480 e. The van der Waals surface area contributed by atoms with Crippen LogP contribution in [0.4, 0.5) is 5.69 Å². The molecule has 1 rings (SSSR count). The average molecular weight is 264 g/mol. The van der Waals surface area contributed by atoms with Gasteiger partial charge in [-0.25, -0.2) is 4.79 Å². The van der Waals surface area contributed by atoms with Crippen LogP contribution in [-0.2, 0) is 4.79 Å². The molecule has 5 nitrogen and oxygen atoms in total. The molecule has 1 amide bonds. The highest BCUT2D eigenvalue weighted by atomic mass is 16.4. The predicted octanol–water partition coefficient (Wildman–Crippen LogP) is 1.97. The van der Waals surface area contributed by atoms with Crippen molar-refractivity contribution in [1.29, 1.82) is 0 Å². The van der Waals surface area contributed by atoms with E-state index in [1.54, 1.807) is 33.2 Å². The van der Waals surface area contributed by atoms with Gasteiger partial charge in [-0.3, -0.25) is 4.79 Å². The van der Waals surface area contributed by atoms with Gasteiger partial charge in [0.15, 0.2) is 0 Å². The second-order valence-electron chi connectivity index (χ2n) is 4.67. The molecule has 1 unspecified atom stereocenters. The van der Waals surface area contributed by atoms with Crippen molar-refractivity contribution >= 4 is 17.6 Å². The molecule has 0 aliphatic carbocycles. The minimum absolute atomic E-state index is 0.105. The highest BCUT2D eigenvalue weighted by molar-refractivity contribution is 5.95. The molecule has 0 saturated carbocycles. The van der Waals surface area contributed by atoms with Crippen molar-refractivity contribution in [2.24, 2.45) is 0 Å². The number of carboxylic acid groups (broad SMARTS) is 1. The Morgan fingerprint density at radius 2 is 2.00 bits per heavy atom. The zero-order valence-electron chi connectivity index (χ0n) is 11.7. The van der Waals surface area contributed by atoms with Crippen LogP contribution in [0, 0.1) is 6.92 Å². The summed E-state index contributed by atoms with van der Waals surface area (Å²) in [7, 11) is 3.36. The van der Waals surface area contributed by atoms with Crippen LogP contribution in [0.15, 0.2) is 18.2 Å². The van der Waals surface area contributed by atoms with Crippen LogP contribution in [0.5, 0.6) is 0 Å². The number of aryl methyl sites for hydroxylation is 1. The normalized spacial score (nSPS) is 11.8. The molecule has 0 saturated heterocycles. The molecule has 0 fully saturated rings. The van der Waals surface area contributed by atoms with E-state index >= 15 is 0 Å². The molecule has 5 heteroatoms. The van der Waals surface area contributed by atoms with Crippen LogP contribution in [0.2, 0.25) is 0 Å². The molecule has 2 N–H and O–H groups in total. The minimum atomic E-state index is -0.897. The number of carbonyl (C=O) groups is 2. The number of amides is 1. The van der Waals surface area contributed by atoms with E-state index in [0.29, 0.717) is 17.7 Å². The van der Waals surface area contributed by atoms with Gasteiger partial charge in [0.25, 0.3) is 5.91 Å². The number of benzene rings is 1. The van der Waals surface area contributed by atoms with Crippen LogP contribution in [0.25, 0.3) is 0 Å². The van der Waals surface area contributed by atoms with Gasteiger partial charge < -0.3 is 15.3 Å². The van der Waals surface area contributed by atoms with Crippen molar-refractivity contribution in [2.45, 2.75) is 26.3 Å². The summed E-state index contributed by atoms with van der Waals surface area (Å²) < 4.78 is 0. The first kappa shape index (κ1) is 15.0. The number of aliphatic carboxylic acids is 1. The number of nitrogens with zero attached hydrogens (tertiary/aromatic N) is 1. The third-order valence-electron chi connectivity index (χ3n) is 2.93. The lowest BCUT2D eigenvalue weighted by Gasteiger charge is -2.17. The summed E-state index contributed by atoms with van der Waals surface area (Å²) in [6.07, 6.45) is 0.473. The van der Waals surface area contributed by atoms with Crippen molar-refractivity contribution in [1.82, 2.24) is 4.90 Å². The summed E-state index contributed by atoms with van der Waals surface area (Å²) in [5, 5.41) is 12.0. The molecule has 0 aliphatic heterocycles. The number of anilines is 1. The second kappa shape index (κ2) is 6.22. The molecular weight excluding hydrogens is 244 g/mol. The van der Waals surface area contributed by atoms with Crippen LogP contribution in [0.3, 0.4) is 0 Å². The Kier molecular flexibility index (Phi) is 4.92. The van der Waals surface area contributed by atoms with Gasteiger partial charge in [0.2, 0.25) is 0 Å². The molecule has 0 radical (unpaired) electrons. The fourth-order valence-electron chi connectivity index (χ4n) is 1.69. The van der Waals surface area contributed by atoms with Crippen molar-refractivity contribution in [3.05, 3.63) is 29.3 Å². The number of carbonyl (C=O) groups excluding carboxylic acids is 1. The second-order valence-corrected chi connectivity index (χ2v) is 4.67. The molecule has 1 aromatic rings. The van der Waals surface area contributed by atoms with Gasteiger partial charge in [-0.2, -0.15) is 0 Å². The first-order valence-electron chi connectivity index (χ1n) is 6.18. The maximum absolute atomic E-state index is 11.9. The SMILES string of the molecule is CCC(Nc1cc(C(=O)N(C)C)ccc1C)C(=O)O. The van der Waals surface area contributed by atoms with Crippen molar-refractivity contribution < 1.29 is 14.7 Å². The van der Waals surface area contributed by atoms with Crippen molar-refractivity contribution in [3.8, 4) is 0 Å². The Hall–Kier alpha value is -2.04. The highest BCUT2D eigenvalue weighted by Gasteiger charge is 2.16. The quantitative estimate of drug-likeness (QED) is 0.853. The molecule has 0 aliphatic rings. The lowest BCUT2D eigenvalue weighted by molar-refractivity contribution is -0.137. The Labute approximate surface area is 113 Å². The van der Waals surface area contributed by atoms with Gasteiger partial charge in [0, 0.05) is 25.3 Å². The number of carboxylic acids is 1. The molecule has 19 heavy (non-hydrogen) atoms. The Bertz CT molecular complexity index is 484. The predicted molar refractivity (Wildman–Crippen MR) is 74.5 cm³/mol. The summed E-state index contributed by atoms with van der Waals surface area (Å²) >= 11 is 0. The molecule has 0 heterocycles. The third kappa shape index (κ3) is 3.71. The zero-order valence-corrected chi connectivity index (χ0v) is 11.7. The molecule has 1 atom stereocenters. The average Bonchev–Trinajstić information content (AvgIpc) is 2.36. The van der Waals surface area contributed by atoms with Gasteiger partial charge in [-0.1, -0.05) is 13.0 Å². The standard InChI is InChI=1S/C14H20N2O3/c1-5-11(14(18)19)15-12-8-10(7-6-9(12)2)13(17)16(3)4/h6-8,11,15H,5H2,1-4H3,(H,18,19). The first-order chi connectivity index (χ1) is 8.86. The number of rotatable bonds is 5. The molecule has 0 bridgehead atoms. The number of nitrogens with one attached hydrogen (secondary N) is 1. The van der Waals surface area contributed by atoms with Gasteiger partial charge in [-0.15, -0.1) is 0 Å². The molecule has 0 spiro atoms. The number of hydrogen-bond acceptors (Lipinski definition) is 3. The van der Waals surface area contributed by atoms with E-state index in [2.05, 4.69) is 5.32 Å². The van der Waals surface area contributed by atoms with E-state index in [9.17, 15) is 9.59 Å². The topological polar surface area (TPSA) is 69.6 Å². The summed E-state index contributed by atoms with van der Waals surface area (Å²) in [5.41, 5.74) is 2.13. The van der Waals surface area contributed by atoms with E-state index in [-0.39, 0.29) is 5.91 Å². The fraction of sp³-hybridized carbons (Fsp3) is 0.429. The van der Waals surface area contributed by atoms with Gasteiger partial charge in [0.1, 0.15) is 6.04 Å². The molecular formula is C14H20N2O3. The molecule has 104 valence electrons. The van der Waals surface area contributed by atoms with Crippen LogP contribution < -0.4 is 5.32 Å². The lowest BCUT2D eigenvalue weighted by Crippen LogP contribution is -2.29. The Morgan fingerprint density at radius 3 is 2.47 bits per heavy atom. The molecule has 0 aromatic heterocycles. The summed E-state index contributed by atoms with van der Waals surface area (Å²) in [5.74, 6) is -1.00. The highest BCUT2D eigenvalue weighted by Crippen LogP contribution is 2.19. The van der Waals surface area contributed by atoms with E-state index in [4.69, 9.17) is 5.11 Å². The maximum Gasteiger partial charge on any atom is 0.326 e. The Balaban J connectivity index is 3.04. The third-order valence-corrected chi connectivity index (χ3v) is 2.93.